The Morgan fingerprint density at radius 2 is 1.06 bits per heavy atom. The summed E-state index contributed by atoms with van der Waals surface area (Å²) in [5.41, 5.74) is 8.31. The van der Waals surface area contributed by atoms with Gasteiger partial charge in [-0.1, -0.05) is 19.7 Å². The van der Waals surface area contributed by atoms with Gasteiger partial charge in [-0.2, -0.15) is 10.5 Å². The SMILES string of the molecule is C=CC[N+](C=C)(CC=C)CC=C.N#CN.N#CN. The fourth-order valence-electron chi connectivity index (χ4n) is 1.22. The lowest BCUT2D eigenvalue weighted by atomic mass is 10.3. The Bertz CT molecular complexity index is 281. The Kier molecular flexibility index (Phi) is 19.6. The summed E-state index contributed by atoms with van der Waals surface area (Å²) < 4.78 is 0.760. The second-order valence-corrected chi connectivity index (χ2v) is 3.07. The summed E-state index contributed by atoms with van der Waals surface area (Å²) in [5, 5.41) is 14.2. The number of nitrogens with two attached hydrogens (primary N) is 2. The molecule has 0 rings (SSSR count). The van der Waals surface area contributed by atoms with Crippen molar-refractivity contribution in [1.29, 1.82) is 10.5 Å². The fourth-order valence-corrected chi connectivity index (χ4v) is 1.22. The second-order valence-electron chi connectivity index (χ2n) is 3.07. The van der Waals surface area contributed by atoms with Crippen LogP contribution in [0.3, 0.4) is 0 Å². The maximum atomic E-state index is 7.10. The molecule has 0 bridgehead atoms. The molecule has 5 nitrogen and oxygen atoms in total. The first kappa shape index (κ1) is 20.9. The first-order valence-electron chi connectivity index (χ1n) is 5.09. The van der Waals surface area contributed by atoms with Crippen molar-refractivity contribution in [3.63, 3.8) is 0 Å². The Morgan fingerprint density at radius 1 is 0.833 bits per heavy atom. The minimum Gasteiger partial charge on any atom is -0.337 e. The lowest BCUT2D eigenvalue weighted by Crippen LogP contribution is -2.42. The summed E-state index contributed by atoms with van der Waals surface area (Å²) in [7, 11) is 0. The number of nitriles is 2. The van der Waals surface area contributed by atoms with Gasteiger partial charge in [-0.15, -0.1) is 0 Å². The molecule has 5 heteroatoms. The molecule has 0 atom stereocenters. The quantitative estimate of drug-likeness (QED) is 0.307. The fraction of sp³-hybridized carbons (Fsp3) is 0.231. The van der Waals surface area contributed by atoms with Crippen LogP contribution in [0.15, 0.2) is 50.7 Å². The van der Waals surface area contributed by atoms with Gasteiger partial charge >= 0.3 is 0 Å². The van der Waals surface area contributed by atoms with E-state index in [-0.39, 0.29) is 0 Å². The molecule has 18 heavy (non-hydrogen) atoms. The van der Waals surface area contributed by atoms with Crippen LogP contribution in [0.2, 0.25) is 0 Å². The van der Waals surface area contributed by atoms with E-state index in [0.717, 1.165) is 24.1 Å². The number of rotatable bonds is 7. The van der Waals surface area contributed by atoms with Gasteiger partial charge in [0.05, 0.1) is 6.20 Å². The maximum Gasteiger partial charge on any atom is 0.173 e. The van der Waals surface area contributed by atoms with E-state index >= 15 is 0 Å². The Balaban J connectivity index is -0.000000315. The molecule has 0 spiro atoms. The standard InChI is InChI=1S/C11H18N.2CH2N2/c1-5-9-12(8-4,10-6-2)11-7-3;2*2-1-3/h5-8H,1-4,9-11H2;2*2H2/q+1;;. The molecule has 0 aliphatic rings. The van der Waals surface area contributed by atoms with E-state index in [0.29, 0.717) is 0 Å². The summed E-state index contributed by atoms with van der Waals surface area (Å²) in [4.78, 5) is 0. The minimum absolute atomic E-state index is 0.760. The van der Waals surface area contributed by atoms with Gasteiger partial charge in [-0.25, -0.2) is 0 Å². The molecule has 0 aromatic rings. The lowest BCUT2D eigenvalue weighted by Gasteiger charge is -2.31. The highest BCUT2D eigenvalue weighted by atomic mass is 15.3. The van der Waals surface area contributed by atoms with Gasteiger partial charge in [0.25, 0.3) is 0 Å². The molecule has 0 amide bonds. The third-order valence-corrected chi connectivity index (χ3v) is 1.87. The van der Waals surface area contributed by atoms with Gasteiger partial charge in [0.1, 0.15) is 19.6 Å². The molecule has 98 valence electrons. The van der Waals surface area contributed by atoms with Crippen molar-refractivity contribution in [1.82, 2.24) is 0 Å². The van der Waals surface area contributed by atoms with Crippen molar-refractivity contribution in [3.05, 3.63) is 50.7 Å². The first-order chi connectivity index (χ1) is 8.57. The van der Waals surface area contributed by atoms with Crippen molar-refractivity contribution in [3.8, 4) is 12.4 Å². The van der Waals surface area contributed by atoms with Crippen LogP contribution in [0.25, 0.3) is 0 Å². The van der Waals surface area contributed by atoms with E-state index in [9.17, 15) is 0 Å². The summed E-state index contributed by atoms with van der Waals surface area (Å²) in [6.07, 6.45) is 10.1. The number of hydrogen-bond donors (Lipinski definition) is 2. The van der Waals surface area contributed by atoms with Gasteiger partial charge < -0.3 is 11.5 Å². The molecule has 0 saturated heterocycles. The molecule has 0 aromatic carbocycles. The minimum atomic E-state index is 0.760. The molecular formula is C13H22N5+. The zero-order valence-electron chi connectivity index (χ0n) is 10.8. The van der Waals surface area contributed by atoms with E-state index in [4.69, 9.17) is 10.5 Å². The highest BCUT2D eigenvalue weighted by molar-refractivity contribution is 4.79. The van der Waals surface area contributed by atoms with Gasteiger partial charge in [0, 0.05) is 0 Å². The Labute approximate surface area is 110 Å². The van der Waals surface area contributed by atoms with E-state index in [1.165, 1.54) is 12.4 Å². The molecule has 0 heterocycles. The van der Waals surface area contributed by atoms with Gasteiger partial charge in [0.15, 0.2) is 12.4 Å². The molecule has 0 unspecified atom stereocenters. The topological polar surface area (TPSA) is 99.6 Å². The number of hydrogen-bond acceptors (Lipinski definition) is 4. The predicted octanol–water partition coefficient (Wildman–Crippen LogP) is 1.36. The average Bonchev–Trinajstić information content (AvgIpc) is 2.32. The number of nitrogens with zero attached hydrogens (tertiary/aromatic N) is 3. The normalized spacial score (nSPS) is 7.67. The van der Waals surface area contributed by atoms with Crippen molar-refractivity contribution in [2.75, 3.05) is 19.6 Å². The van der Waals surface area contributed by atoms with Gasteiger partial charge in [0.2, 0.25) is 0 Å². The molecular weight excluding hydrogens is 226 g/mol. The van der Waals surface area contributed by atoms with E-state index in [1.54, 1.807) is 0 Å². The zero-order chi connectivity index (χ0) is 14.9. The molecule has 4 N–H and O–H groups in total. The highest BCUT2D eigenvalue weighted by Gasteiger charge is 2.17. The van der Waals surface area contributed by atoms with Crippen molar-refractivity contribution >= 4 is 0 Å². The largest absolute Gasteiger partial charge is 0.337 e. The number of quaternary nitrogens is 1. The van der Waals surface area contributed by atoms with Crippen LogP contribution in [0, 0.1) is 22.9 Å². The molecule has 0 radical (unpaired) electrons. The molecule has 0 fully saturated rings. The second kappa shape index (κ2) is 16.9. The highest BCUT2D eigenvalue weighted by Crippen LogP contribution is 2.07. The predicted molar refractivity (Wildman–Crippen MR) is 75.3 cm³/mol. The van der Waals surface area contributed by atoms with Crippen LogP contribution in [0.5, 0.6) is 0 Å². The summed E-state index contributed by atoms with van der Waals surface area (Å²) in [6, 6.07) is 0. The third-order valence-electron chi connectivity index (χ3n) is 1.87. The molecule has 0 saturated carbocycles. The third kappa shape index (κ3) is 13.5. The molecule has 0 aliphatic heterocycles. The van der Waals surface area contributed by atoms with E-state index in [1.807, 2.05) is 24.4 Å². The first-order valence-corrected chi connectivity index (χ1v) is 5.09. The van der Waals surface area contributed by atoms with Gasteiger partial charge in [-0.3, -0.25) is 4.48 Å². The van der Waals surface area contributed by atoms with Crippen LogP contribution in [-0.4, -0.2) is 24.1 Å². The smallest absolute Gasteiger partial charge is 0.173 e. The average molecular weight is 248 g/mol. The van der Waals surface area contributed by atoms with Gasteiger partial charge in [-0.05, 0) is 24.8 Å². The Hall–Kier alpha value is -2.50. The van der Waals surface area contributed by atoms with Crippen LogP contribution < -0.4 is 11.5 Å². The zero-order valence-corrected chi connectivity index (χ0v) is 10.8. The van der Waals surface area contributed by atoms with Crippen molar-refractivity contribution in [2.45, 2.75) is 0 Å². The van der Waals surface area contributed by atoms with E-state index in [2.05, 4.69) is 37.8 Å². The summed E-state index contributed by atoms with van der Waals surface area (Å²) in [5.74, 6) is 0. The monoisotopic (exact) mass is 248 g/mol. The van der Waals surface area contributed by atoms with Crippen molar-refractivity contribution in [2.24, 2.45) is 11.5 Å². The Morgan fingerprint density at radius 3 is 1.17 bits per heavy atom. The van der Waals surface area contributed by atoms with Crippen LogP contribution in [0.4, 0.5) is 0 Å². The van der Waals surface area contributed by atoms with Crippen LogP contribution in [0.1, 0.15) is 0 Å². The van der Waals surface area contributed by atoms with Crippen LogP contribution in [-0.2, 0) is 0 Å². The van der Waals surface area contributed by atoms with E-state index < -0.39 is 0 Å². The van der Waals surface area contributed by atoms with Crippen LogP contribution >= 0.6 is 0 Å². The molecule has 0 aliphatic carbocycles. The summed E-state index contributed by atoms with van der Waals surface area (Å²) >= 11 is 0. The maximum absolute atomic E-state index is 7.10. The summed E-state index contributed by atoms with van der Waals surface area (Å²) in [6.45, 7) is 17.6. The lowest BCUT2D eigenvalue weighted by molar-refractivity contribution is -0.861. The van der Waals surface area contributed by atoms with Crippen molar-refractivity contribution < 1.29 is 4.48 Å². The molecule has 0 aromatic heterocycles.